The Hall–Kier alpha value is -1.94. The molecular weight excluding hydrogens is 1160 g/mol. The molecule has 2 unspecified atom stereocenters. The zero-order valence-corrected chi connectivity index (χ0v) is 59.0. The lowest BCUT2D eigenvalue weighted by atomic mass is 10.0. The smallest absolute Gasteiger partial charge is 0.462 e. The van der Waals surface area contributed by atoms with Crippen molar-refractivity contribution in [1.82, 2.24) is 0 Å². The summed E-state index contributed by atoms with van der Waals surface area (Å²) in [6.45, 7) is 11.7. The Morgan fingerprint density at radius 2 is 0.523 bits per heavy atom. The monoisotopic (exact) mass is 1300 g/mol. The predicted molar refractivity (Wildman–Crippen MR) is 354 cm³/mol. The first-order chi connectivity index (χ1) is 42.2. The number of aliphatic hydroxyl groups is 1. The van der Waals surface area contributed by atoms with E-state index in [4.69, 9.17) is 37.0 Å². The molecule has 0 bridgehead atoms. The predicted octanol–water partition coefficient (Wildman–Crippen LogP) is 19.5. The second-order valence-electron chi connectivity index (χ2n) is 26.3. The van der Waals surface area contributed by atoms with Crippen LogP contribution in [0.2, 0.25) is 0 Å². The molecule has 0 fully saturated rings. The Kier molecular flexibility index (Phi) is 58.7. The van der Waals surface area contributed by atoms with Crippen LogP contribution in [0.15, 0.2) is 0 Å². The molecule has 17 nitrogen and oxygen atoms in total. The van der Waals surface area contributed by atoms with Crippen molar-refractivity contribution < 1.29 is 80.2 Å². The second kappa shape index (κ2) is 60.0. The van der Waals surface area contributed by atoms with Crippen LogP contribution in [-0.4, -0.2) is 96.7 Å². The molecule has 19 heteroatoms. The second-order valence-corrected chi connectivity index (χ2v) is 29.3. The summed E-state index contributed by atoms with van der Waals surface area (Å²) in [5, 5.41) is 10.5. The number of hydrogen-bond acceptors (Lipinski definition) is 15. The fourth-order valence-corrected chi connectivity index (χ4v) is 11.9. The van der Waals surface area contributed by atoms with Gasteiger partial charge in [-0.05, 0) is 43.4 Å². The fraction of sp³-hybridized carbons (Fsp3) is 0.942. The van der Waals surface area contributed by atoms with Gasteiger partial charge >= 0.3 is 39.5 Å². The molecule has 522 valence electrons. The van der Waals surface area contributed by atoms with Gasteiger partial charge in [-0.3, -0.25) is 37.3 Å². The van der Waals surface area contributed by atoms with Crippen molar-refractivity contribution in [3.8, 4) is 0 Å². The van der Waals surface area contributed by atoms with Crippen molar-refractivity contribution in [3.63, 3.8) is 0 Å². The van der Waals surface area contributed by atoms with Crippen LogP contribution in [0.3, 0.4) is 0 Å². The number of carbonyl (C=O) groups is 4. The van der Waals surface area contributed by atoms with Gasteiger partial charge in [0.15, 0.2) is 12.2 Å². The van der Waals surface area contributed by atoms with Crippen LogP contribution in [-0.2, 0) is 65.4 Å². The van der Waals surface area contributed by atoms with Gasteiger partial charge in [-0.25, -0.2) is 9.13 Å². The minimum absolute atomic E-state index is 0.102. The third-order valence-corrected chi connectivity index (χ3v) is 17.8. The maximum Gasteiger partial charge on any atom is 0.472 e. The number of carbonyl (C=O) groups excluding carboxylic acids is 4. The Labute approximate surface area is 537 Å². The quantitative estimate of drug-likeness (QED) is 0.0222. The molecule has 0 aromatic heterocycles. The first kappa shape index (κ1) is 86.1. The van der Waals surface area contributed by atoms with E-state index < -0.39 is 97.5 Å². The standard InChI is InChI=1S/C69H134O17P2/c1-8-9-10-33-43-50-66(71)79-56-64(85-69(74)53-46-39-32-26-29-36-42-49-62(6)7)58-83-87(75,76)81-54-63(70)55-82-88(77,78)84-59-65(57-80-67(72)51-44-37-30-24-21-17-19-23-28-35-41-48-61(4)5)86-68(73)52-45-38-31-25-20-16-14-12-11-13-15-18-22-27-34-40-47-60(2)3/h60-65,70H,8-59H2,1-7H3,(H,75,76)(H,77,78)/t63-,64+,65+/m0/s1. The average Bonchev–Trinajstić information content (AvgIpc) is 3.70. The average molecular weight is 1300 g/mol. The van der Waals surface area contributed by atoms with Crippen molar-refractivity contribution in [1.29, 1.82) is 0 Å². The normalized spacial score (nSPS) is 14.2. The number of esters is 4. The van der Waals surface area contributed by atoms with Gasteiger partial charge in [0.2, 0.25) is 0 Å². The highest BCUT2D eigenvalue weighted by Gasteiger charge is 2.30. The number of aliphatic hydroxyl groups excluding tert-OH is 1. The van der Waals surface area contributed by atoms with Crippen molar-refractivity contribution in [2.24, 2.45) is 17.8 Å². The zero-order chi connectivity index (χ0) is 65.2. The molecule has 5 atom stereocenters. The van der Waals surface area contributed by atoms with E-state index in [9.17, 15) is 43.2 Å². The van der Waals surface area contributed by atoms with Gasteiger partial charge < -0.3 is 33.8 Å². The van der Waals surface area contributed by atoms with Gasteiger partial charge in [0, 0.05) is 25.7 Å². The van der Waals surface area contributed by atoms with Gasteiger partial charge in [0.25, 0.3) is 0 Å². The highest BCUT2D eigenvalue weighted by Crippen LogP contribution is 2.45. The Morgan fingerprint density at radius 3 is 0.773 bits per heavy atom. The first-order valence-electron chi connectivity index (χ1n) is 35.8. The van der Waals surface area contributed by atoms with E-state index in [-0.39, 0.29) is 25.7 Å². The first-order valence-corrected chi connectivity index (χ1v) is 38.8. The Balaban J connectivity index is 5.14. The summed E-state index contributed by atoms with van der Waals surface area (Å²) in [5.74, 6) is 0.136. The van der Waals surface area contributed by atoms with E-state index in [1.54, 1.807) is 0 Å². The minimum Gasteiger partial charge on any atom is -0.462 e. The van der Waals surface area contributed by atoms with Crippen LogP contribution >= 0.6 is 15.6 Å². The topological polar surface area (TPSA) is 237 Å². The Morgan fingerprint density at radius 1 is 0.307 bits per heavy atom. The van der Waals surface area contributed by atoms with E-state index in [1.165, 1.54) is 148 Å². The molecule has 88 heavy (non-hydrogen) atoms. The van der Waals surface area contributed by atoms with Gasteiger partial charge in [0.05, 0.1) is 26.4 Å². The highest BCUT2D eigenvalue weighted by molar-refractivity contribution is 7.47. The maximum atomic E-state index is 13.0. The molecule has 0 spiro atoms. The van der Waals surface area contributed by atoms with Gasteiger partial charge in [0.1, 0.15) is 19.3 Å². The van der Waals surface area contributed by atoms with E-state index in [1.807, 2.05) is 0 Å². The van der Waals surface area contributed by atoms with E-state index in [0.717, 1.165) is 108 Å². The summed E-state index contributed by atoms with van der Waals surface area (Å²) in [7, 11) is -9.89. The summed E-state index contributed by atoms with van der Waals surface area (Å²) in [6.07, 6.45) is 43.6. The Bertz CT molecular complexity index is 1730. The fourth-order valence-electron chi connectivity index (χ4n) is 10.4. The van der Waals surface area contributed by atoms with Crippen LogP contribution in [0.1, 0.15) is 344 Å². The van der Waals surface area contributed by atoms with Crippen LogP contribution in [0.5, 0.6) is 0 Å². The van der Waals surface area contributed by atoms with Crippen molar-refractivity contribution in [2.75, 3.05) is 39.6 Å². The van der Waals surface area contributed by atoms with E-state index in [0.29, 0.717) is 31.6 Å². The molecule has 0 aromatic rings. The van der Waals surface area contributed by atoms with Crippen molar-refractivity contribution >= 4 is 39.5 Å². The SMILES string of the molecule is CCCCCCCC(=O)OC[C@H](COP(=O)(O)OC[C@H](O)COP(=O)(O)OC[C@@H](COC(=O)CCCCCCCCCCCCCC(C)C)OC(=O)CCCCCCCCCCCCCCCCCCC(C)C)OC(=O)CCCCCCCCCC(C)C. The molecule has 0 rings (SSSR count). The number of rotatable bonds is 67. The number of ether oxygens (including phenoxy) is 4. The maximum absolute atomic E-state index is 13.0. The molecule has 0 aliphatic heterocycles. The summed E-state index contributed by atoms with van der Waals surface area (Å²) < 4.78 is 68.0. The van der Waals surface area contributed by atoms with Crippen LogP contribution in [0, 0.1) is 17.8 Å². The number of unbranched alkanes of at least 4 members (excludes halogenated alkanes) is 35. The molecular formula is C69H134O17P2. The van der Waals surface area contributed by atoms with Crippen LogP contribution in [0.4, 0.5) is 0 Å². The molecule has 0 aromatic carbocycles. The summed E-state index contributed by atoms with van der Waals surface area (Å²) in [5.41, 5.74) is 0. The van der Waals surface area contributed by atoms with Gasteiger partial charge in [-0.15, -0.1) is 0 Å². The molecule has 0 heterocycles. The summed E-state index contributed by atoms with van der Waals surface area (Å²) in [4.78, 5) is 72.2. The van der Waals surface area contributed by atoms with Gasteiger partial charge in [-0.1, -0.05) is 292 Å². The summed E-state index contributed by atoms with van der Waals surface area (Å²) in [6, 6.07) is 0. The number of phosphoric acid groups is 2. The molecule has 0 aliphatic carbocycles. The van der Waals surface area contributed by atoms with E-state index in [2.05, 4.69) is 48.5 Å². The lowest BCUT2D eigenvalue weighted by Gasteiger charge is -2.21. The van der Waals surface area contributed by atoms with Gasteiger partial charge in [-0.2, -0.15) is 0 Å². The minimum atomic E-state index is -4.95. The molecule has 0 radical (unpaired) electrons. The number of phosphoric ester groups is 2. The summed E-state index contributed by atoms with van der Waals surface area (Å²) >= 11 is 0. The van der Waals surface area contributed by atoms with Crippen LogP contribution in [0.25, 0.3) is 0 Å². The zero-order valence-electron chi connectivity index (χ0n) is 57.2. The van der Waals surface area contributed by atoms with Crippen molar-refractivity contribution in [3.05, 3.63) is 0 Å². The molecule has 0 saturated carbocycles. The lowest BCUT2D eigenvalue weighted by Crippen LogP contribution is -2.30. The molecule has 0 amide bonds. The number of hydrogen-bond donors (Lipinski definition) is 3. The lowest BCUT2D eigenvalue weighted by molar-refractivity contribution is -0.161. The van der Waals surface area contributed by atoms with Crippen molar-refractivity contribution in [2.45, 2.75) is 362 Å². The van der Waals surface area contributed by atoms with E-state index >= 15 is 0 Å². The molecule has 3 N–H and O–H groups in total. The van der Waals surface area contributed by atoms with Crippen LogP contribution < -0.4 is 0 Å². The third kappa shape index (κ3) is 62.8. The third-order valence-electron chi connectivity index (χ3n) is 15.9. The molecule has 0 saturated heterocycles. The molecule has 0 aliphatic rings. The highest BCUT2D eigenvalue weighted by atomic mass is 31.2. The largest absolute Gasteiger partial charge is 0.472 e.